The van der Waals surface area contributed by atoms with Crippen LogP contribution in [0.2, 0.25) is 0 Å². The van der Waals surface area contributed by atoms with Gasteiger partial charge in [0, 0.05) is 4.47 Å². The molecule has 1 unspecified atom stereocenters. The minimum atomic E-state index is -0.661. The van der Waals surface area contributed by atoms with E-state index in [9.17, 15) is 0 Å². The van der Waals surface area contributed by atoms with E-state index in [1.807, 2.05) is 26.0 Å². The van der Waals surface area contributed by atoms with E-state index in [1.54, 1.807) is 0 Å². The number of hydrogen-bond donors (Lipinski definition) is 2. The van der Waals surface area contributed by atoms with Crippen LogP contribution in [0.25, 0.3) is 0 Å². The SMILES string of the molecule is Br.CC(CON1C(N)=NC(N)=NC1(C)C)Cc1cccc(Br)c1. The van der Waals surface area contributed by atoms with Crippen LogP contribution in [0.1, 0.15) is 26.3 Å². The number of halogens is 2. The largest absolute Gasteiger partial charge is 0.368 e. The molecule has 0 bridgehead atoms. The van der Waals surface area contributed by atoms with E-state index in [0.29, 0.717) is 12.5 Å². The van der Waals surface area contributed by atoms with Gasteiger partial charge in [-0.15, -0.1) is 17.0 Å². The molecule has 128 valence electrons. The molecule has 1 aliphatic rings. The van der Waals surface area contributed by atoms with Crippen molar-refractivity contribution < 1.29 is 4.84 Å². The van der Waals surface area contributed by atoms with Crippen LogP contribution < -0.4 is 11.5 Å². The highest BCUT2D eigenvalue weighted by Gasteiger charge is 2.33. The fraction of sp³-hybridized carbons (Fsp3) is 0.467. The molecule has 4 N–H and O–H groups in total. The van der Waals surface area contributed by atoms with Gasteiger partial charge in [-0.3, -0.25) is 4.84 Å². The van der Waals surface area contributed by atoms with Gasteiger partial charge in [0.05, 0.1) is 6.61 Å². The predicted octanol–water partition coefficient (Wildman–Crippen LogP) is 2.82. The third-order valence-electron chi connectivity index (χ3n) is 3.28. The summed E-state index contributed by atoms with van der Waals surface area (Å²) in [6, 6.07) is 8.26. The third kappa shape index (κ3) is 5.47. The average molecular weight is 449 g/mol. The molecule has 2 rings (SSSR count). The maximum atomic E-state index is 5.89. The summed E-state index contributed by atoms with van der Waals surface area (Å²) in [4.78, 5) is 14.0. The molecule has 23 heavy (non-hydrogen) atoms. The molecule has 0 saturated heterocycles. The summed E-state index contributed by atoms with van der Waals surface area (Å²) >= 11 is 3.48. The predicted molar refractivity (Wildman–Crippen MR) is 102 cm³/mol. The number of benzene rings is 1. The Bertz CT molecular complexity index is 603. The number of guanidine groups is 2. The molecule has 0 aromatic heterocycles. The molecule has 0 amide bonds. The van der Waals surface area contributed by atoms with Gasteiger partial charge in [-0.1, -0.05) is 35.0 Å². The first kappa shape index (κ1) is 19.9. The molecule has 1 heterocycles. The van der Waals surface area contributed by atoms with Gasteiger partial charge in [-0.05, 0) is 43.9 Å². The van der Waals surface area contributed by atoms with E-state index in [1.165, 1.54) is 10.6 Å². The second-order valence-corrected chi connectivity index (χ2v) is 6.88. The van der Waals surface area contributed by atoms with Crippen LogP contribution in [0.3, 0.4) is 0 Å². The van der Waals surface area contributed by atoms with Crippen molar-refractivity contribution in [3.63, 3.8) is 0 Å². The van der Waals surface area contributed by atoms with Crippen LogP contribution in [0.5, 0.6) is 0 Å². The highest BCUT2D eigenvalue weighted by atomic mass is 79.9. The van der Waals surface area contributed by atoms with Gasteiger partial charge in [-0.25, -0.2) is 4.99 Å². The number of nitrogens with two attached hydrogens (primary N) is 2. The van der Waals surface area contributed by atoms with Crippen molar-refractivity contribution in [1.82, 2.24) is 5.06 Å². The third-order valence-corrected chi connectivity index (χ3v) is 3.78. The molecule has 1 aromatic carbocycles. The Hall–Kier alpha value is -1.12. The van der Waals surface area contributed by atoms with E-state index in [-0.39, 0.29) is 28.9 Å². The molecular formula is C15H23Br2N5O. The topological polar surface area (TPSA) is 89.2 Å². The summed E-state index contributed by atoms with van der Waals surface area (Å²) in [5, 5.41) is 1.51. The normalized spacial score (nSPS) is 17.8. The summed E-state index contributed by atoms with van der Waals surface area (Å²) in [7, 11) is 0. The summed E-state index contributed by atoms with van der Waals surface area (Å²) in [6.45, 7) is 6.39. The molecule has 0 radical (unpaired) electrons. The number of rotatable bonds is 5. The minimum Gasteiger partial charge on any atom is -0.368 e. The molecule has 0 fully saturated rings. The summed E-state index contributed by atoms with van der Waals surface area (Å²) < 4.78 is 1.08. The lowest BCUT2D eigenvalue weighted by atomic mass is 10.0. The molecule has 1 atom stereocenters. The van der Waals surface area contributed by atoms with E-state index in [4.69, 9.17) is 16.3 Å². The Kier molecular flexibility index (Phi) is 7.03. The van der Waals surface area contributed by atoms with Crippen molar-refractivity contribution in [2.24, 2.45) is 27.4 Å². The Balaban J connectivity index is 0.00000264. The van der Waals surface area contributed by atoms with E-state index in [0.717, 1.165) is 10.9 Å². The van der Waals surface area contributed by atoms with Crippen molar-refractivity contribution in [3.8, 4) is 0 Å². The Labute approximate surface area is 155 Å². The van der Waals surface area contributed by atoms with Gasteiger partial charge in [-0.2, -0.15) is 10.1 Å². The zero-order valence-corrected chi connectivity index (χ0v) is 16.8. The fourth-order valence-electron chi connectivity index (χ4n) is 2.34. The molecule has 0 saturated carbocycles. The lowest BCUT2D eigenvalue weighted by Crippen LogP contribution is -2.54. The van der Waals surface area contributed by atoms with E-state index < -0.39 is 5.66 Å². The fourth-order valence-corrected chi connectivity index (χ4v) is 2.79. The Morgan fingerprint density at radius 1 is 1.35 bits per heavy atom. The van der Waals surface area contributed by atoms with Crippen LogP contribution in [-0.4, -0.2) is 29.3 Å². The monoisotopic (exact) mass is 447 g/mol. The van der Waals surface area contributed by atoms with Crippen molar-refractivity contribution in [3.05, 3.63) is 34.3 Å². The van der Waals surface area contributed by atoms with E-state index in [2.05, 4.69) is 45.0 Å². The first-order valence-electron chi connectivity index (χ1n) is 7.15. The van der Waals surface area contributed by atoms with Crippen LogP contribution in [-0.2, 0) is 11.3 Å². The number of hydrogen-bond acceptors (Lipinski definition) is 6. The summed E-state index contributed by atoms with van der Waals surface area (Å²) in [5.74, 6) is 0.720. The van der Waals surface area contributed by atoms with E-state index >= 15 is 0 Å². The van der Waals surface area contributed by atoms with Gasteiger partial charge in [0.15, 0.2) is 5.66 Å². The first-order valence-corrected chi connectivity index (χ1v) is 7.94. The van der Waals surface area contributed by atoms with Crippen molar-refractivity contribution in [1.29, 1.82) is 0 Å². The maximum absolute atomic E-state index is 5.89. The quantitative estimate of drug-likeness (QED) is 0.724. The number of hydroxylamine groups is 2. The van der Waals surface area contributed by atoms with Crippen LogP contribution in [0.4, 0.5) is 0 Å². The second-order valence-electron chi connectivity index (χ2n) is 5.96. The Morgan fingerprint density at radius 2 is 2.04 bits per heavy atom. The molecule has 1 aromatic rings. The van der Waals surface area contributed by atoms with Crippen molar-refractivity contribution in [2.75, 3.05) is 6.61 Å². The molecule has 6 nitrogen and oxygen atoms in total. The standard InChI is InChI=1S/C15H22BrN5O.BrH/c1-10(7-11-5-4-6-12(16)8-11)9-22-21-14(18)19-13(17)20-15(21,2)3;/h4-6,8,10H,7,9H2,1-3H3,(H4,17,18,19,20);1H. The summed E-state index contributed by atoms with van der Waals surface area (Å²) in [6.07, 6.45) is 0.913. The molecule has 0 spiro atoms. The van der Waals surface area contributed by atoms with Gasteiger partial charge < -0.3 is 11.5 Å². The minimum absolute atomic E-state index is 0. The highest BCUT2D eigenvalue weighted by Crippen LogP contribution is 2.21. The zero-order valence-electron chi connectivity index (χ0n) is 13.5. The van der Waals surface area contributed by atoms with Crippen molar-refractivity contribution in [2.45, 2.75) is 32.9 Å². The molecule has 8 heteroatoms. The first-order chi connectivity index (χ1) is 10.3. The number of aliphatic imine (C=N–C) groups is 2. The maximum Gasteiger partial charge on any atom is 0.226 e. The Morgan fingerprint density at radius 3 is 2.65 bits per heavy atom. The average Bonchev–Trinajstić information content (AvgIpc) is 2.36. The highest BCUT2D eigenvalue weighted by molar-refractivity contribution is 9.10. The number of nitrogens with zero attached hydrogens (tertiary/aromatic N) is 3. The van der Waals surface area contributed by atoms with Gasteiger partial charge in [0.1, 0.15) is 0 Å². The lowest BCUT2D eigenvalue weighted by molar-refractivity contribution is -0.165. The second kappa shape index (κ2) is 8.12. The van der Waals surface area contributed by atoms with Crippen LogP contribution in [0.15, 0.2) is 38.7 Å². The molecule has 1 aliphatic heterocycles. The zero-order chi connectivity index (χ0) is 16.3. The lowest BCUT2D eigenvalue weighted by Gasteiger charge is -2.37. The van der Waals surface area contributed by atoms with Crippen LogP contribution in [0, 0.1) is 5.92 Å². The van der Waals surface area contributed by atoms with Crippen molar-refractivity contribution >= 4 is 44.8 Å². The smallest absolute Gasteiger partial charge is 0.226 e. The molecular weight excluding hydrogens is 426 g/mol. The molecule has 0 aliphatic carbocycles. The van der Waals surface area contributed by atoms with Crippen LogP contribution >= 0.6 is 32.9 Å². The summed E-state index contributed by atoms with van der Waals surface area (Å²) in [5.41, 5.74) is 12.1. The van der Waals surface area contributed by atoms with Gasteiger partial charge in [0.25, 0.3) is 0 Å². The van der Waals surface area contributed by atoms with Gasteiger partial charge >= 0.3 is 0 Å². The van der Waals surface area contributed by atoms with Gasteiger partial charge in [0.2, 0.25) is 11.9 Å².